The lowest BCUT2D eigenvalue weighted by molar-refractivity contribution is 0.103. The second kappa shape index (κ2) is 7.53. The smallest absolute Gasteiger partial charge is 0.268 e. The van der Waals surface area contributed by atoms with Gasteiger partial charge in [0.1, 0.15) is 15.6 Å². The zero-order valence-electron chi connectivity index (χ0n) is 15.7. The quantitative estimate of drug-likeness (QED) is 0.480. The molecule has 2 N–H and O–H groups in total. The van der Waals surface area contributed by atoms with Crippen LogP contribution in [0.5, 0.6) is 17.2 Å². The highest BCUT2D eigenvalue weighted by molar-refractivity contribution is 7.17. The van der Waals surface area contributed by atoms with E-state index in [1.807, 2.05) is 30.3 Å². The summed E-state index contributed by atoms with van der Waals surface area (Å²) in [5.74, 6) is 1.19. The van der Waals surface area contributed by atoms with Crippen molar-refractivity contribution in [3.8, 4) is 39.1 Å². The monoisotopic (exact) mass is 416 g/mol. The number of nitrogens with zero attached hydrogens (tertiary/aromatic N) is 1. The molecule has 0 atom stereocenters. The summed E-state index contributed by atoms with van der Waals surface area (Å²) in [5.41, 5.74) is 2.91. The van der Waals surface area contributed by atoms with Gasteiger partial charge in [-0.1, -0.05) is 30.3 Å². The minimum absolute atomic E-state index is 0.176. The number of carbonyl (C=O) groups is 1. The van der Waals surface area contributed by atoms with Crippen LogP contribution >= 0.6 is 11.3 Å². The maximum absolute atomic E-state index is 13.2. The predicted molar refractivity (Wildman–Crippen MR) is 115 cm³/mol. The van der Waals surface area contributed by atoms with Crippen LogP contribution < -0.4 is 14.8 Å². The third-order valence-electron chi connectivity index (χ3n) is 4.63. The average molecular weight is 416 g/mol. The highest BCUT2D eigenvalue weighted by Crippen LogP contribution is 2.37. The Bertz CT molecular complexity index is 1220. The number of rotatable bonds is 4. The van der Waals surface area contributed by atoms with Crippen molar-refractivity contribution in [2.45, 2.75) is 0 Å². The lowest BCUT2D eigenvalue weighted by atomic mass is 10.1. The van der Waals surface area contributed by atoms with E-state index in [2.05, 4.69) is 5.32 Å². The molecule has 0 fully saturated rings. The van der Waals surface area contributed by atoms with E-state index < -0.39 is 0 Å². The molecular weight excluding hydrogens is 400 g/mol. The Balaban J connectivity index is 1.52. The van der Waals surface area contributed by atoms with E-state index in [0.29, 0.717) is 32.8 Å². The Morgan fingerprint density at radius 1 is 0.933 bits per heavy atom. The summed E-state index contributed by atoms with van der Waals surface area (Å²) in [7, 11) is 0. The first-order valence-corrected chi connectivity index (χ1v) is 10.1. The molecule has 0 bridgehead atoms. The number of aromatic nitrogens is 1. The Morgan fingerprint density at radius 3 is 2.50 bits per heavy atom. The van der Waals surface area contributed by atoms with E-state index in [1.165, 1.54) is 11.3 Å². The van der Waals surface area contributed by atoms with E-state index >= 15 is 0 Å². The number of hydrogen-bond donors (Lipinski definition) is 2. The molecule has 7 heteroatoms. The van der Waals surface area contributed by atoms with Crippen molar-refractivity contribution in [3.05, 3.63) is 77.7 Å². The summed E-state index contributed by atoms with van der Waals surface area (Å²) in [6, 6.07) is 21.6. The SMILES string of the molecule is O=C(Nc1ccc2c(c1)OCO2)c1sc(-c2ccc(O)cc2)nc1-c1ccccc1. The van der Waals surface area contributed by atoms with Crippen molar-refractivity contribution in [2.75, 3.05) is 12.1 Å². The third-order valence-corrected chi connectivity index (χ3v) is 5.73. The normalized spacial score (nSPS) is 12.0. The summed E-state index contributed by atoms with van der Waals surface area (Å²) in [6.07, 6.45) is 0. The molecule has 0 saturated heterocycles. The topological polar surface area (TPSA) is 80.7 Å². The molecular formula is C23H16N2O4S. The lowest BCUT2D eigenvalue weighted by Gasteiger charge is -2.06. The summed E-state index contributed by atoms with van der Waals surface area (Å²) in [5, 5.41) is 13.2. The number of anilines is 1. The van der Waals surface area contributed by atoms with Gasteiger partial charge in [0.05, 0.1) is 5.69 Å². The van der Waals surface area contributed by atoms with Crippen molar-refractivity contribution in [3.63, 3.8) is 0 Å². The van der Waals surface area contributed by atoms with Gasteiger partial charge in [0.2, 0.25) is 6.79 Å². The summed E-state index contributed by atoms with van der Waals surface area (Å²) in [4.78, 5) is 18.4. The van der Waals surface area contributed by atoms with Crippen LogP contribution in [0, 0.1) is 0 Å². The minimum atomic E-state index is -0.254. The molecule has 148 valence electrons. The van der Waals surface area contributed by atoms with Gasteiger partial charge in [-0.25, -0.2) is 4.98 Å². The number of nitrogens with one attached hydrogen (secondary N) is 1. The Hall–Kier alpha value is -3.84. The average Bonchev–Trinajstić information content (AvgIpc) is 3.42. The first-order valence-electron chi connectivity index (χ1n) is 9.24. The number of amides is 1. The van der Waals surface area contributed by atoms with Gasteiger partial charge < -0.3 is 19.9 Å². The summed E-state index contributed by atoms with van der Waals surface area (Å²) >= 11 is 1.31. The number of hydrogen-bond acceptors (Lipinski definition) is 6. The highest BCUT2D eigenvalue weighted by Gasteiger charge is 2.21. The van der Waals surface area contributed by atoms with E-state index in [1.54, 1.807) is 42.5 Å². The van der Waals surface area contributed by atoms with Gasteiger partial charge in [-0.2, -0.15) is 0 Å². The zero-order chi connectivity index (χ0) is 20.5. The molecule has 1 aromatic heterocycles. The molecule has 1 aliphatic heterocycles. The molecule has 4 aromatic rings. The van der Waals surface area contributed by atoms with Crippen LogP contribution in [0.1, 0.15) is 9.67 Å². The van der Waals surface area contributed by atoms with Gasteiger partial charge in [-0.05, 0) is 36.4 Å². The van der Waals surface area contributed by atoms with Gasteiger partial charge in [0.25, 0.3) is 5.91 Å². The molecule has 1 aliphatic rings. The largest absolute Gasteiger partial charge is 0.508 e. The van der Waals surface area contributed by atoms with Gasteiger partial charge >= 0.3 is 0 Å². The van der Waals surface area contributed by atoms with Crippen LogP contribution in [0.2, 0.25) is 0 Å². The van der Waals surface area contributed by atoms with Gasteiger partial charge in [-0.15, -0.1) is 11.3 Å². The molecule has 0 aliphatic carbocycles. The predicted octanol–water partition coefficient (Wildman–Crippen LogP) is 5.16. The number of carbonyl (C=O) groups excluding carboxylic acids is 1. The molecule has 2 heterocycles. The van der Waals surface area contributed by atoms with Crippen LogP contribution in [0.15, 0.2) is 72.8 Å². The van der Waals surface area contributed by atoms with E-state index in [4.69, 9.17) is 14.5 Å². The fourth-order valence-corrected chi connectivity index (χ4v) is 4.14. The number of thiazole rings is 1. The molecule has 5 rings (SSSR count). The number of phenolic OH excluding ortho intramolecular Hbond substituents is 1. The van der Waals surface area contributed by atoms with Crippen molar-refractivity contribution in [1.29, 1.82) is 0 Å². The van der Waals surface area contributed by atoms with Crippen LogP contribution in [0.3, 0.4) is 0 Å². The van der Waals surface area contributed by atoms with Crippen LogP contribution in [0.4, 0.5) is 5.69 Å². The minimum Gasteiger partial charge on any atom is -0.508 e. The van der Waals surface area contributed by atoms with Crippen molar-refractivity contribution in [1.82, 2.24) is 4.98 Å². The number of ether oxygens (including phenoxy) is 2. The zero-order valence-corrected chi connectivity index (χ0v) is 16.5. The molecule has 1 amide bonds. The third kappa shape index (κ3) is 3.46. The van der Waals surface area contributed by atoms with Crippen LogP contribution in [-0.4, -0.2) is 22.8 Å². The molecule has 3 aromatic carbocycles. The fourth-order valence-electron chi connectivity index (χ4n) is 3.16. The van der Waals surface area contributed by atoms with Crippen LogP contribution in [0.25, 0.3) is 21.8 Å². The van der Waals surface area contributed by atoms with Crippen molar-refractivity contribution >= 4 is 22.9 Å². The van der Waals surface area contributed by atoms with Crippen molar-refractivity contribution in [2.24, 2.45) is 0 Å². The fraction of sp³-hybridized carbons (Fsp3) is 0.0435. The Morgan fingerprint density at radius 2 is 1.70 bits per heavy atom. The molecule has 0 radical (unpaired) electrons. The second-order valence-corrected chi connectivity index (χ2v) is 7.63. The Labute approximate surface area is 176 Å². The number of benzene rings is 3. The van der Waals surface area contributed by atoms with Gasteiger partial charge in [0, 0.05) is 22.9 Å². The van der Waals surface area contributed by atoms with Crippen LogP contribution in [-0.2, 0) is 0 Å². The standard InChI is InChI=1S/C23H16N2O4S/c26-17-9-6-15(7-10-17)23-25-20(14-4-2-1-3-5-14)21(30-23)22(27)24-16-8-11-18-19(12-16)29-13-28-18/h1-12,26H,13H2,(H,24,27). The maximum atomic E-state index is 13.2. The molecule has 0 saturated carbocycles. The van der Waals surface area contributed by atoms with E-state index in [-0.39, 0.29) is 18.4 Å². The van der Waals surface area contributed by atoms with E-state index in [9.17, 15) is 9.90 Å². The number of aromatic hydroxyl groups is 1. The lowest BCUT2D eigenvalue weighted by Crippen LogP contribution is -2.11. The van der Waals surface area contributed by atoms with Crippen molar-refractivity contribution < 1.29 is 19.4 Å². The molecule has 0 spiro atoms. The summed E-state index contributed by atoms with van der Waals surface area (Å²) < 4.78 is 10.7. The van der Waals surface area contributed by atoms with Gasteiger partial charge in [0.15, 0.2) is 11.5 Å². The second-order valence-electron chi connectivity index (χ2n) is 6.63. The number of fused-ring (bicyclic) bond motifs is 1. The Kier molecular flexibility index (Phi) is 4.57. The number of phenols is 1. The molecule has 30 heavy (non-hydrogen) atoms. The molecule has 0 unspecified atom stereocenters. The highest BCUT2D eigenvalue weighted by atomic mass is 32.1. The first kappa shape index (κ1) is 18.2. The van der Waals surface area contributed by atoms with Gasteiger partial charge in [-0.3, -0.25) is 4.79 Å². The van der Waals surface area contributed by atoms with E-state index in [0.717, 1.165) is 11.1 Å². The maximum Gasteiger partial charge on any atom is 0.268 e. The molecule has 6 nitrogen and oxygen atoms in total. The summed E-state index contributed by atoms with van der Waals surface area (Å²) in [6.45, 7) is 0.176. The first-order chi connectivity index (χ1) is 14.7.